The molecule has 0 amide bonds. The van der Waals surface area contributed by atoms with Crippen molar-refractivity contribution in [1.29, 1.82) is 21.0 Å². The fourth-order valence-corrected chi connectivity index (χ4v) is 5.24. The summed E-state index contributed by atoms with van der Waals surface area (Å²) in [7, 11) is 0. The Morgan fingerprint density at radius 2 is 0.480 bits per heavy atom. The van der Waals surface area contributed by atoms with Crippen molar-refractivity contribution in [2.45, 2.75) is 0 Å². The normalized spacial score (nSPS) is 10.3. The molecule has 0 saturated heterocycles. The van der Waals surface area contributed by atoms with Gasteiger partial charge in [0.1, 0.15) is 0 Å². The summed E-state index contributed by atoms with van der Waals surface area (Å²) in [5, 5.41) is 38.1. The maximum atomic E-state index is 9.53. The van der Waals surface area contributed by atoms with Gasteiger partial charge in [0.2, 0.25) is 0 Å². The molecule has 0 fully saturated rings. The largest absolute Gasteiger partial charge is 0.208 e. The van der Waals surface area contributed by atoms with Gasteiger partial charge in [-0.1, -0.05) is 66.7 Å². The van der Waals surface area contributed by atoms with E-state index < -0.39 is 0 Å². The molecule has 2 heterocycles. The summed E-state index contributed by atoms with van der Waals surface area (Å²) in [6.07, 6.45) is 0. The second-order valence-electron chi connectivity index (χ2n) is 11.0. The smallest absolute Gasteiger partial charge is 0.164 e. The molecule has 10 nitrogen and oxygen atoms in total. The number of hydrogen-bond acceptors (Lipinski definition) is 10. The van der Waals surface area contributed by atoms with Crippen molar-refractivity contribution >= 4 is 0 Å². The molecule has 0 N–H and O–H groups in total. The first-order valence-electron chi connectivity index (χ1n) is 15.2. The highest BCUT2D eigenvalue weighted by molar-refractivity contribution is 5.73. The van der Waals surface area contributed by atoms with Crippen LogP contribution in [0.3, 0.4) is 0 Å². The summed E-state index contributed by atoms with van der Waals surface area (Å²) in [6.45, 7) is 0. The lowest BCUT2D eigenvalue weighted by Gasteiger charge is -2.11. The molecule has 50 heavy (non-hydrogen) atoms. The van der Waals surface area contributed by atoms with E-state index in [1.54, 1.807) is 72.8 Å². The standard InChI is InChI=1S/C40H20N10/c41-21-25-6-1-10-29(16-25)35-45-36(30-11-2-7-26(17-30)22-42)48-39(47-35)33-14-5-15-34(20-33)40-49-37(31-12-3-8-27(18-31)23-43)46-38(50-40)32-13-4-9-28(19-32)24-44/h1-20H. The first-order chi connectivity index (χ1) is 24.5. The molecule has 5 aromatic carbocycles. The Balaban J connectivity index is 1.40. The van der Waals surface area contributed by atoms with Crippen LogP contribution in [0.2, 0.25) is 0 Å². The van der Waals surface area contributed by atoms with E-state index in [0.717, 1.165) is 0 Å². The van der Waals surface area contributed by atoms with Gasteiger partial charge >= 0.3 is 0 Å². The number of nitriles is 4. The molecule has 0 bridgehead atoms. The number of benzene rings is 5. The summed E-state index contributed by atoms with van der Waals surface area (Å²) in [6, 6.07) is 44.1. The van der Waals surface area contributed by atoms with E-state index >= 15 is 0 Å². The molecule has 0 aliphatic rings. The third kappa shape index (κ3) is 6.36. The Morgan fingerprint density at radius 3 is 0.700 bits per heavy atom. The average molecular weight is 641 g/mol. The molecule has 0 aliphatic carbocycles. The Hall–Kier alpha value is -7.92. The predicted octanol–water partition coefficient (Wildman–Crippen LogP) is 7.55. The molecule has 0 unspecified atom stereocenters. The molecule has 0 saturated carbocycles. The minimum atomic E-state index is 0.356. The van der Waals surface area contributed by atoms with Crippen molar-refractivity contribution in [3.63, 3.8) is 0 Å². The molecule has 10 heteroatoms. The van der Waals surface area contributed by atoms with E-state index in [1.165, 1.54) is 0 Å². The van der Waals surface area contributed by atoms with Crippen LogP contribution < -0.4 is 0 Å². The van der Waals surface area contributed by atoms with Gasteiger partial charge in [0.05, 0.1) is 46.5 Å². The van der Waals surface area contributed by atoms with E-state index in [2.05, 4.69) is 24.3 Å². The molecule has 7 rings (SSSR count). The van der Waals surface area contributed by atoms with E-state index in [9.17, 15) is 21.0 Å². The van der Waals surface area contributed by atoms with Crippen molar-refractivity contribution in [2.24, 2.45) is 0 Å². The maximum absolute atomic E-state index is 9.53. The first kappa shape index (κ1) is 30.7. The number of nitrogens with zero attached hydrogens (tertiary/aromatic N) is 10. The van der Waals surface area contributed by atoms with Crippen molar-refractivity contribution in [1.82, 2.24) is 29.9 Å². The van der Waals surface area contributed by atoms with Gasteiger partial charge in [0, 0.05) is 33.4 Å². The Kier molecular flexibility index (Phi) is 8.26. The molecule has 2 aromatic heterocycles. The molecule has 7 aromatic rings. The summed E-state index contributed by atoms with van der Waals surface area (Å²) >= 11 is 0. The highest BCUT2D eigenvalue weighted by Gasteiger charge is 2.17. The fraction of sp³-hybridized carbons (Fsp3) is 0. The molecule has 0 atom stereocenters. The van der Waals surface area contributed by atoms with Crippen molar-refractivity contribution in [3.8, 4) is 92.6 Å². The van der Waals surface area contributed by atoms with Crippen LogP contribution in [-0.4, -0.2) is 29.9 Å². The SMILES string of the molecule is N#Cc1cccc(-c2nc(-c3cccc(C#N)c3)nc(-c3cccc(-c4nc(-c5cccc(C#N)c5)nc(-c5cccc(C#N)c5)n4)c3)n2)c1. The Morgan fingerprint density at radius 1 is 0.280 bits per heavy atom. The molecule has 230 valence electrons. The molecule has 0 spiro atoms. The van der Waals surface area contributed by atoms with Gasteiger partial charge in [-0.05, 0) is 54.6 Å². The quantitative estimate of drug-likeness (QED) is 0.177. The zero-order chi connectivity index (χ0) is 34.5. The van der Waals surface area contributed by atoms with Crippen LogP contribution >= 0.6 is 0 Å². The molecule has 0 radical (unpaired) electrons. The van der Waals surface area contributed by atoms with Gasteiger partial charge in [-0.25, -0.2) is 29.9 Å². The van der Waals surface area contributed by atoms with Gasteiger partial charge in [0.15, 0.2) is 34.9 Å². The Labute approximate surface area is 286 Å². The zero-order valence-corrected chi connectivity index (χ0v) is 26.0. The third-order valence-corrected chi connectivity index (χ3v) is 7.65. The van der Waals surface area contributed by atoms with E-state index in [1.807, 2.05) is 48.5 Å². The summed E-state index contributed by atoms with van der Waals surface area (Å²) in [4.78, 5) is 28.7. The van der Waals surface area contributed by atoms with Crippen LogP contribution in [0.5, 0.6) is 0 Å². The van der Waals surface area contributed by atoms with Crippen LogP contribution in [0.15, 0.2) is 121 Å². The maximum Gasteiger partial charge on any atom is 0.164 e. The van der Waals surface area contributed by atoms with E-state index in [0.29, 0.717) is 90.6 Å². The molecular formula is C40H20N10. The number of rotatable bonds is 6. The van der Waals surface area contributed by atoms with Gasteiger partial charge in [-0.15, -0.1) is 0 Å². The number of hydrogen-bond donors (Lipinski definition) is 0. The van der Waals surface area contributed by atoms with E-state index in [-0.39, 0.29) is 0 Å². The Bertz CT molecular complexity index is 2290. The fourth-order valence-electron chi connectivity index (χ4n) is 5.24. The average Bonchev–Trinajstić information content (AvgIpc) is 3.20. The lowest BCUT2D eigenvalue weighted by atomic mass is 10.1. The van der Waals surface area contributed by atoms with Crippen LogP contribution in [0.1, 0.15) is 22.3 Å². The predicted molar refractivity (Wildman–Crippen MR) is 185 cm³/mol. The lowest BCUT2D eigenvalue weighted by molar-refractivity contribution is 1.07. The van der Waals surface area contributed by atoms with Crippen LogP contribution in [0.25, 0.3) is 68.3 Å². The van der Waals surface area contributed by atoms with Gasteiger partial charge < -0.3 is 0 Å². The second kappa shape index (κ2) is 13.4. The van der Waals surface area contributed by atoms with Crippen molar-refractivity contribution in [2.75, 3.05) is 0 Å². The number of aromatic nitrogens is 6. The lowest BCUT2D eigenvalue weighted by Crippen LogP contribution is -2.02. The van der Waals surface area contributed by atoms with Crippen LogP contribution in [0, 0.1) is 45.3 Å². The minimum Gasteiger partial charge on any atom is -0.208 e. The third-order valence-electron chi connectivity index (χ3n) is 7.65. The van der Waals surface area contributed by atoms with Crippen LogP contribution in [0.4, 0.5) is 0 Å². The summed E-state index contributed by atoms with van der Waals surface area (Å²) in [5.41, 5.74) is 5.65. The van der Waals surface area contributed by atoms with Gasteiger partial charge in [0.25, 0.3) is 0 Å². The highest BCUT2D eigenvalue weighted by Crippen LogP contribution is 2.30. The monoisotopic (exact) mass is 640 g/mol. The molecule has 0 aliphatic heterocycles. The van der Waals surface area contributed by atoms with Crippen LogP contribution in [-0.2, 0) is 0 Å². The topological polar surface area (TPSA) is 172 Å². The minimum absolute atomic E-state index is 0.356. The van der Waals surface area contributed by atoms with Crippen molar-refractivity contribution in [3.05, 3.63) is 144 Å². The van der Waals surface area contributed by atoms with Gasteiger partial charge in [-0.3, -0.25) is 0 Å². The van der Waals surface area contributed by atoms with Gasteiger partial charge in [-0.2, -0.15) is 21.0 Å². The summed E-state index contributed by atoms with van der Waals surface area (Å²) in [5.74, 6) is 2.14. The zero-order valence-electron chi connectivity index (χ0n) is 26.0. The first-order valence-corrected chi connectivity index (χ1v) is 15.2. The molecular weight excluding hydrogens is 621 g/mol. The summed E-state index contributed by atoms with van der Waals surface area (Å²) < 4.78 is 0. The van der Waals surface area contributed by atoms with Crippen molar-refractivity contribution < 1.29 is 0 Å². The van der Waals surface area contributed by atoms with E-state index in [4.69, 9.17) is 29.9 Å². The highest BCUT2D eigenvalue weighted by atomic mass is 15.0. The second-order valence-corrected chi connectivity index (χ2v) is 11.0.